The van der Waals surface area contributed by atoms with Crippen molar-refractivity contribution in [2.24, 2.45) is 5.92 Å². The van der Waals surface area contributed by atoms with Crippen molar-refractivity contribution in [2.45, 2.75) is 44.2 Å². The second kappa shape index (κ2) is 10.9. The molecular weight excluding hydrogens is 448 g/mol. The monoisotopic (exact) mass is 480 g/mol. The number of carbonyl (C=O) groups excluding carboxylic acids is 2. The zero-order valence-corrected chi connectivity index (χ0v) is 20.1. The molecule has 0 spiro atoms. The molecule has 0 aromatic heterocycles. The number of aliphatic carboxylic acids is 1. The van der Waals surface area contributed by atoms with Crippen molar-refractivity contribution in [2.75, 3.05) is 26.9 Å². The van der Waals surface area contributed by atoms with E-state index in [0.29, 0.717) is 13.2 Å². The molecule has 2 amide bonds. The Labute approximate surface area is 205 Å². The van der Waals surface area contributed by atoms with E-state index < -0.39 is 18.1 Å². The Morgan fingerprint density at radius 3 is 2.31 bits per heavy atom. The van der Waals surface area contributed by atoms with E-state index in [1.165, 1.54) is 0 Å². The third-order valence-electron chi connectivity index (χ3n) is 7.11. The Hall–Kier alpha value is -3.39. The Balaban J connectivity index is 1.43. The van der Waals surface area contributed by atoms with E-state index in [1.54, 1.807) is 11.9 Å². The highest BCUT2D eigenvalue weighted by molar-refractivity contribution is 5.86. The lowest BCUT2D eigenvalue weighted by molar-refractivity contribution is -0.138. The summed E-state index contributed by atoms with van der Waals surface area (Å²) in [6.45, 7) is 3.17. The summed E-state index contributed by atoms with van der Waals surface area (Å²) in [6.07, 6.45) is -0.139. The summed E-state index contributed by atoms with van der Waals surface area (Å²) in [5.41, 5.74) is 4.42. The van der Waals surface area contributed by atoms with Gasteiger partial charge in [-0.15, -0.1) is 0 Å². The highest BCUT2D eigenvalue weighted by atomic mass is 16.5. The summed E-state index contributed by atoms with van der Waals surface area (Å²) in [7, 11) is 1.68. The van der Waals surface area contributed by atoms with Gasteiger partial charge in [-0.2, -0.15) is 0 Å². The molecule has 2 aromatic carbocycles. The third-order valence-corrected chi connectivity index (χ3v) is 7.11. The minimum absolute atomic E-state index is 0.0208. The number of ether oxygens (including phenoxy) is 2. The summed E-state index contributed by atoms with van der Waals surface area (Å²) in [5.74, 6) is -1.27. The standard InChI is InChI=1S/C27H32N2O6/c1-3-17-14-34-16-24(17)29(2)26(32)23(12-13-25(30)31)28-27(33)35-15-22-20-10-6-4-8-18(20)19-9-5-7-11-21(19)22/h4-11,17,22-24H,3,12-16H2,1-2H3,(H,28,33)(H,30,31). The molecule has 3 unspecified atom stereocenters. The van der Waals surface area contributed by atoms with Gasteiger partial charge in [-0.05, 0) is 35.1 Å². The molecule has 0 bridgehead atoms. The predicted octanol–water partition coefficient (Wildman–Crippen LogP) is 3.64. The molecule has 2 aromatic rings. The van der Waals surface area contributed by atoms with Crippen LogP contribution >= 0.6 is 0 Å². The number of rotatable bonds is 9. The third kappa shape index (κ3) is 5.32. The molecule has 1 heterocycles. The van der Waals surface area contributed by atoms with Crippen molar-refractivity contribution >= 4 is 18.0 Å². The molecule has 2 aliphatic rings. The largest absolute Gasteiger partial charge is 0.481 e. The number of carboxylic acids is 1. The Kier molecular flexibility index (Phi) is 7.70. The number of nitrogens with zero attached hydrogens (tertiary/aromatic N) is 1. The average molecular weight is 481 g/mol. The number of alkyl carbamates (subject to hydrolysis) is 1. The molecule has 0 saturated carbocycles. The molecule has 1 saturated heterocycles. The molecule has 35 heavy (non-hydrogen) atoms. The van der Waals surface area contributed by atoms with Gasteiger partial charge < -0.3 is 24.8 Å². The number of amides is 2. The van der Waals surface area contributed by atoms with Crippen LogP contribution in [0.4, 0.5) is 4.79 Å². The van der Waals surface area contributed by atoms with Crippen molar-refractivity contribution in [3.05, 3.63) is 59.7 Å². The van der Waals surface area contributed by atoms with Gasteiger partial charge in [0.05, 0.1) is 19.3 Å². The van der Waals surface area contributed by atoms with E-state index in [1.807, 2.05) is 43.3 Å². The smallest absolute Gasteiger partial charge is 0.407 e. The first-order chi connectivity index (χ1) is 16.9. The van der Waals surface area contributed by atoms with Gasteiger partial charge in [0.15, 0.2) is 0 Å². The lowest BCUT2D eigenvalue weighted by atomic mass is 9.98. The van der Waals surface area contributed by atoms with Crippen LogP contribution in [0.3, 0.4) is 0 Å². The zero-order valence-electron chi connectivity index (χ0n) is 20.1. The molecule has 1 aliphatic heterocycles. The van der Waals surface area contributed by atoms with Crippen molar-refractivity contribution in [3.63, 3.8) is 0 Å². The minimum atomic E-state index is -1.03. The number of likely N-dealkylation sites (N-methyl/N-ethyl adjacent to an activating group) is 1. The Morgan fingerprint density at radius 2 is 1.71 bits per heavy atom. The fourth-order valence-electron chi connectivity index (χ4n) is 5.12. The molecule has 186 valence electrons. The van der Waals surface area contributed by atoms with Crippen LogP contribution in [0.15, 0.2) is 48.5 Å². The molecule has 2 N–H and O–H groups in total. The van der Waals surface area contributed by atoms with Crippen LogP contribution in [-0.2, 0) is 19.1 Å². The number of fused-ring (bicyclic) bond motifs is 3. The SMILES string of the molecule is CCC1COCC1N(C)C(=O)C(CCC(=O)O)NC(=O)OCC1c2ccccc2-c2ccccc21. The molecule has 8 heteroatoms. The first kappa shape index (κ1) is 24.7. The molecule has 1 aliphatic carbocycles. The average Bonchev–Trinajstić information content (AvgIpc) is 3.47. The summed E-state index contributed by atoms with van der Waals surface area (Å²) in [4.78, 5) is 38.8. The highest BCUT2D eigenvalue weighted by Crippen LogP contribution is 2.44. The van der Waals surface area contributed by atoms with E-state index in [4.69, 9.17) is 14.6 Å². The van der Waals surface area contributed by atoms with Gasteiger partial charge in [-0.25, -0.2) is 4.79 Å². The molecule has 3 atom stereocenters. The van der Waals surface area contributed by atoms with E-state index in [9.17, 15) is 14.4 Å². The van der Waals surface area contributed by atoms with Gasteiger partial charge in [-0.1, -0.05) is 55.5 Å². The first-order valence-electron chi connectivity index (χ1n) is 12.1. The predicted molar refractivity (Wildman–Crippen MR) is 130 cm³/mol. The second-order valence-corrected chi connectivity index (χ2v) is 9.18. The van der Waals surface area contributed by atoms with E-state index >= 15 is 0 Å². The van der Waals surface area contributed by atoms with Gasteiger partial charge in [0.2, 0.25) is 5.91 Å². The van der Waals surface area contributed by atoms with Gasteiger partial charge in [0.1, 0.15) is 12.6 Å². The maximum absolute atomic E-state index is 13.2. The van der Waals surface area contributed by atoms with E-state index in [2.05, 4.69) is 17.4 Å². The summed E-state index contributed by atoms with van der Waals surface area (Å²) in [6, 6.07) is 15.0. The van der Waals surface area contributed by atoms with Crippen LogP contribution in [0.1, 0.15) is 43.2 Å². The fourth-order valence-corrected chi connectivity index (χ4v) is 5.12. The van der Waals surface area contributed by atoms with Crippen molar-refractivity contribution < 1.29 is 29.0 Å². The Bertz CT molecular complexity index is 1040. The quantitative estimate of drug-likeness (QED) is 0.568. The van der Waals surface area contributed by atoms with Crippen LogP contribution in [0, 0.1) is 5.92 Å². The lowest BCUT2D eigenvalue weighted by Crippen LogP contribution is -2.52. The van der Waals surface area contributed by atoms with Crippen LogP contribution < -0.4 is 5.32 Å². The topological polar surface area (TPSA) is 105 Å². The fraction of sp³-hybridized carbons (Fsp3) is 0.444. The first-order valence-corrected chi connectivity index (χ1v) is 12.1. The summed E-state index contributed by atoms with van der Waals surface area (Å²) in [5, 5.41) is 11.8. The van der Waals surface area contributed by atoms with Gasteiger partial charge in [-0.3, -0.25) is 9.59 Å². The number of carboxylic acid groups (broad SMARTS) is 1. The van der Waals surface area contributed by atoms with Gasteiger partial charge in [0, 0.05) is 25.3 Å². The number of hydrogen-bond donors (Lipinski definition) is 2. The lowest BCUT2D eigenvalue weighted by Gasteiger charge is -2.31. The van der Waals surface area contributed by atoms with Gasteiger partial charge >= 0.3 is 12.1 Å². The number of benzene rings is 2. The van der Waals surface area contributed by atoms with E-state index in [-0.39, 0.29) is 43.2 Å². The van der Waals surface area contributed by atoms with Crippen molar-refractivity contribution in [1.82, 2.24) is 10.2 Å². The summed E-state index contributed by atoms with van der Waals surface area (Å²) < 4.78 is 11.1. The maximum atomic E-state index is 13.2. The van der Waals surface area contributed by atoms with Crippen LogP contribution in [0.2, 0.25) is 0 Å². The second-order valence-electron chi connectivity index (χ2n) is 9.18. The summed E-state index contributed by atoms with van der Waals surface area (Å²) >= 11 is 0. The number of hydrogen-bond acceptors (Lipinski definition) is 5. The molecule has 1 fully saturated rings. The normalized spacial score (nSPS) is 19.5. The van der Waals surface area contributed by atoms with Crippen molar-refractivity contribution in [1.29, 1.82) is 0 Å². The maximum Gasteiger partial charge on any atom is 0.407 e. The number of nitrogens with one attached hydrogen (secondary N) is 1. The van der Waals surface area contributed by atoms with Crippen LogP contribution in [0.25, 0.3) is 11.1 Å². The highest BCUT2D eigenvalue weighted by Gasteiger charge is 2.36. The van der Waals surface area contributed by atoms with E-state index in [0.717, 1.165) is 28.7 Å². The molecule has 0 radical (unpaired) electrons. The Morgan fingerprint density at radius 1 is 1.09 bits per heavy atom. The molecule has 8 nitrogen and oxygen atoms in total. The van der Waals surface area contributed by atoms with Crippen LogP contribution in [-0.4, -0.2) is 66.9 Å². The van der Waals surface area contributed by atoms with Crippen molar-refractivity contribution in [3.8, 4) is 11.1 Å². The molecule has 4 rings (SSSR count). The van der Waals surface area contributed by atoms with Gasteiger partial charge in [0.25, 0.3) is 0 Å². The minimum Gasteiger partial charge on any atom is -0.481 e. The molecular formula is C27H32N2O6. The van der Waals surface area contributed by atoms with Crippen LogP contribution in [0.5, 0.6) is 0 Å². The number of carbonyl (C=O) groups is 3. The zero-order chi connectivity index (χ0) is 24.9.